The fourth-order valence-electron chi connectivity index (χ4n) is 1.41. The molecular formula is C12H15BrO6S2. The predicted octanol–water partition coefficient (Wildman–Crippen LogP) is 2.56. The minimum Gasteiger partial charge on any atom is -0.480 e. The lowest BCUT2D eigenvalue weighted by Crippen LogP contribution is -2.44. The predicted molar refractivity (Wildman–Crippen MR) is 83.2 cm³/mol. The van der Waals surface area contributed by atoms with Crippen molar-refractivity contribution in [2.45, 2.75) is 15.4 Å². The van der Waals surface area contributed by atoms with Crippen LogP contribution in [0.3, 0.4) is 0 Å². The number of aliphatic carboxylic acids is 2. The molecule has 0 aliphatic heterocycles. The van der Waals surface area contributed by atoms with Crippen LogP contribution in [0.5, 0.6) is 0 Å². The van der Waals surface area contributed by atoms with Gasteiger partial charge in [-0.1, -0.05) is 11.8 Å². The Bertz CT molecular complexity index is 476. The van der Waals surface area contributed by atoms with Crippen molar-refractivity contribution >= 4 is 51.0 Å². The average Bonchev–Trinajstić information content (AvgIpc) is 2.81. The normalized spacial score (nSPS) is 11.5. The van der Waals surface area contributed by atoms with Crippen LogP contribution in [-0.2, 0) is 19.1 Å². The summed E-state index contributed by atoms with van der Waals surface area (Å²) >= 11 is 5.37. The number of rotatable bonds is 10. The second-order valence-electron chi connectivity index (χ2n) is 3.95. The molecule has 0 radical (unpaired) electrons. The fourth-order valence-corrected chi connectivity index (χ4v) is 4.38. The number of hydrogen-bond donors (Lipinski definition) is 2. The maximum absolute atomic E-state index is 11.5. The summed E-state index contributed by atoms with van der Waals surface area (Å²) in [6, 6.07) is 1.75. The van der Waals surface area contributed by atoms with E-state index in [-0.39, 0.29) is 13.0 Å². The molecule has 0 saturated carbocycles. The summed E-state index contributed by atoms with van der Waals surface area (Å²) in [5.74, 6) is -2.79. The van der Waals surface area contributed by atoms with Gasteiger partial charge < -0.3 is 19.7 Å². The molecular weight excluding hydrogens is 384 g/mol. The van der Waals surface area contributed by atoms with Crippen molar-refractivity contribution in [2.75, 3.05) is 26.9 Å². The molecule has 0 aliphatic carbocycles. The molecule has 118 valence electrons. The second-order valence-corrected chi connectivity index (χ2v) is 7.29. The summed E-state index contributed by atoms with van der Waals surface area (Å²) < 4.78 is 9.33. The molecule has 0 amide bonds. The van der Waals surface area contributed by atoms with Gasteiger partial charge in [-0.25, -0.2) is 0 Å². The Labute approximate surface area is 138 Å². The largest absolute Gasteiger partial charge is 0.480 e. The van der Waals surface area contributed by atoms with E-state index < -0.39 is 16.7 Å². The van der Waals surface area contributed by atoms with Gasteiger partial charge in [-0.2, -0.15) is 0 Å². The van der Waals surface area contributed by atoms with Crippen LogP contribution in [0.1, 0.15) is 6.42 Å². The Morgan fingerprint density at radius 2 is 2.00 bits per heavy atom. The van der Waals surface area contributed by atoms with E-state index in [1.54, 1.807) is 11.4 Å². The summed E-state index contributed by atoms with van der Waals surface area (Å²) in [5.41, 5.74) is 0. The molecule has 0 fully saturated rings. The zero-order valence-electron chi connectivity index (χ0n) is 11.2. The summed E-state index contributed by atoms with van der Waals surface area (Å²) in [4.78, 5) is 23.1. The monoisotopic (exact) mass is 398 g/mol. The lowest BCUT2D eigenvalue weighted by atomic mass is 10.1. The van der Waals surface area contributed by atoms with Gasteiger partial charge in [0.1, 0.15) is 0 Å². The van der Waals surface area contributed by atoms with Gasteiger partial charge in [0.2, 0.25) is 4.75 Å². The van der Waals surface area contributed by atoms with Crippen LogP contribution in [0.4, 0.5) is 0 Å². The molecule has 0 bridgehead atoms. The maximum atomic E-state index is 11.5. The summed E-state index contributed by atoms with van der Waals surface area (Å²) in [7, 11) is 1.52. The Balaban J connectivity index is 2.82. The highest BCUT2D eigenvalue weighted by atomic mass is 79.9. The molecule has 1 heterocycles. The van der Waals surface area contributed by atoms with Crippen molar-refractivity contribution in [3.8, 4) is 0 Å². The average molecular weight is 399 g/mol. The fraction of sp³-hybridized carbons (Fsp3) is 0.500. The third-order valence-electron chi connectivity index (χ3n) is 2.57. The highest BCUT2D eigenvalue weighted by Crippen LogP contribution is 2.43. The van der Waals surface area contributed by atoms with Gasteiger partial charge in [-0.3, -0.25) is 9.59 Å². The third-order valence-corrected chi connectivity index (χ3v) is 6.31. The Morgan fingerprint density at radius 3 is 2.48 bits per heavy atom. The Kier molecular flexibility index (Phi) is 7.67. The number of thioether (sulfide) groups is 1. The molecule has 0 atom stereocenters. The molecule has 0 unspecified atom stereocenters. The molecule has 1 rings (SSSR count). The number of ether oxygens (including phenoxy) is 2. The van der Waals surface area contributed by atoms with Crippen molar-refractivity contribution in [1.29, 1.82) is 0 Å². The summed E-state index contributed by atoms with van der Waals surface area (Å²) in [6.07, 6.45) is -0.142. The number of carboxylic acid groups (broad SMARTS) is 2. The van der Waals surface area contributed by atoms with Gasteiger partial charge in [0.15, 0.2) is 0 Å². The topological polar surface area (TPSA) is 93.1 Å². The van der Waals surface area contributed by atoms with Gasteiger partial charge in [0.25, 0.3) is 0 Å². The summed E-state index contributed by atoms with van der Waals surface area (Å²) in [5, 5.41) is 20.5. The standard InChI is InChI=1S/C12H15BrO6S2/c1-18-5-6-19-4-3-12(10(14)15,11(16)17)21-9-8(13)2-7-20-9/h2,7H,3-6H2,1H3,(H,14,15)(H,16,17). The second kappa shape index (κ2) is 8.74. The molecule has 6 nitrogen and oxygen atoms in total. The van der Waals surface area contributed by atoms with E-state index in [1.165, 1.54) is 18.4 Å². The van der Waals surface area contributed by atoms with Crippen molar-refractivity contribution < 1.29 is 29.3 Å². The van der Waals surface area contributed by atoms with Crippen LogP contribution in [0.25, 0.3) is 0 Å². The van der Waals surface area contributed by atoms with Crippen LogP contribution < -0.4 is 0 Å². The number of carboxylic acids is 2. The Morgan fingerprint density at radius 1 is 1.33 bits per heavy atom. The minimum absolute atomic E-state index is 0.0257. The highest BCUT2D eigenvalue weighted by molar-refractivity contribution is 9.10. The first-order valence-corrected chi connectivity index (χ1v) is 8.38. The number of carbonyl (C=O) groups is 2. The molecule has 0 aliphatic rings. The first kappa shape index (κ1) is 18.4. The van der Waals surface area contributed by atoms with Gasteiger partial charge in [0.05, 0.1) is 17.4 Å². The smallest absolute Gasteiger partial charge is 0.331 e. The van der Waals surface area contributed by atoms with E-state index in [0.29, 0.717) is 21.9 Å². The van der Waals surface area contributed by atoms with Crippen LogP contribution in [0, 0.1) is 0 Å². The number of methoxy groups -OCH3 is 1. The molecule has 0 aromatic carbocycles. The van der Waals surface area contributed by atoms with E-state index in [0.717, 1.165) is 11.8 Å². The van der Waals surface area contributed by atoms with Gasteiger partial charge in [-0.05, 0) is 27.4 Å². The maximum Gasteiger partial charge on any atom is 0.331 e. The number of thiophene rings is 1. The zero-order chi connectivity index (χ0) is 15.9. The molecule has 21 heavy (non-hydrogen) atoms. The van der Waals surface area contributed by atoms with Gasteiger partial charge in [0, 0.05) is 24.6 Å². The summed E-state index contributed by atoms with van der Waals surface area (Å²) in [6.45, 7) is 0.688. The van der Waals surface area contributed by atoms with E-state index in [1.807, 2.05) is 0 Å². The Hall–Kier alpha value is -0.610. The van der Waals surface area contributed by atoms with Crippen LogP contribution >= 0.6 is 39.0 Å². The third kappa shape index (κ3) is 4.96. The van der Waals surface area contributed by atoms with Crippen LogP contribution in [-0.4, -0.2) is 53.8 Å². The number of hydrogen-bond acceptors (Lipinski definition) is 6. The molecule has 0 spiro atoms. The van der Waals surface area contributed by atoms with E-state index >= 15 is 0 Å². The molecule has 1 aromatic rings. The SMILES string of the molecule is COCCOCCC(Sc1sccc1Br)(C(=O)O)C(=O)O. The van der Waals surface area contributed by atoms with E-state index in [2.05, 4.69) is 15.9 Å². The van der Waals surface area contributed by atoms with Crippen LogP contribution in [0.15, 0.2) is 20.1 Å². The van der Waals surface area contributed by atoms with Crippen molar-refractivity contribution in [1.82, 2.24) is 0 Å². The first-order valence-electron chi connectivity index (χ1n) is 5.89. The van der Waals surface area contributed by atoms with Crippen molar-refractivity contribution in [3.63, 3.8) is 0 Å². The van der Waals surface area contributed by atoms with Gasteiger partial charge in [-0.15, -0.1) is 11.3 Å². The molecule has 2 N–H and O–H groups in total. The minimum atomic E-state index is -1.97. The molecule has 0 saturated heterocycles. The number of halogens is 1. The van der Waals surface area contributed by atoms with Gasteiger partial charge >= 0.3 is 11.9 Å². The highest BCUT2D eigenvalue weighted by Gasteiger charge is 2.48. The van der Waals surface area contributed by atoms with E-state index in [4.69, 9.17) is 9.47 Å². The first-order chi connectivity index (χ1) is 9.94. The van der Waals surface area contributed by atoms with Crippen LogP contribution in [0.2, 0.25) is 0 Å². The van der Waals surface area contributed by atoms with Crippen molar-refractivity contribution in [3.05, 3.63) is 15.9 Å². The lowest BCUT2D eigenvalue weighted by molar-refractivity contribution is -0.152. The van der Waals surface area contributed by atoms with E-state index in [9.17, 15) is 19.8 Å². The molecule has 1 aromatic heterocycles. The van der Waals surface area contributed by atoms with Crippen molar-refractivity contribution in [2.24, 2.45) is 0 Å². The quantitative estimate of drug-likeness (QED) is 0.355. The lowest BCUT2D eigenvalue weighted by Gasteiger charge is -2.23. The molecule has 9 heteroatoms. The zero-order valence-corrected chi connectivity index (χ0v) is 14.4.